The summed E-state index contributed by atoms with van der Waals surface area (Å²) in [5.41, 5.74) is -7.00. The molecule has 1 unspecified atom stereocenters. The predicted octanol–water partition coefficient (Wildman–Crippen LogP) is 4.93. The largest absolute Gasteiger partial charge is 0.427 e. The van der Waals surface area contributed by atoms with Crippen molar-refractivity contribution in [2.45, 2.75) is 54.7 Å². The number of carbonyl (C=O) groups excluding carboxylic acids is 1. The van der Waals surface area contributed by atoms with Crippen LogP contribution in [0.3, 0.4) is 0 Å². The molecule has 14 heteroatoms. The van der Waals surface area contributed by atoms with E-state index in [9.17, 15) is 58.2 Å². The highest BCUT2D eigenvalue weighted by molar-refractivity contribution is 5.69. The number of rotatable bonds is 4. The van der Waals surface area contributed by atoms with Gasteiger partial charge in [-0.25, -0.2) is 4.39 Å². The topological polar surface area (TPSA) is 46.5 Å². The monoisotopic (exact) mass is 460 g/mol. The molecule has 1 aliphatic carbocycles. The third-order valence-corrected chi connectivity index (χ3v) is 4.57. The van der Waals surface area contributed by atoms with Gasteiger partial charge in [-0.1, -0.05) is 12.1 Å². The molecule has 0 spiro atoms. The molecule has 0 aliphatic heterocycles. The van der Waals surface area contributed by atoms with Gasteiger partial charge < -0.3 is 9.84 Å². The van der Waals surface area contributed by atoms with Crippen LogP contribution in [0.15, 0.2) is 24.3 Å². The van der Waals surface area contributed by atoms with Gasteiger partial charge in [0.1, 0.15) is 5.75 Å². The molecule has 0 saturated heterocycles. The van der Waals surface area contributed by atoms with E-state index in [4.69, 9.17) is 0 Å². The van der Waals surface area contributed by atoms with Crippen LogP contribution >= 0.6 is 0 Å². The molecule has 0 radical (unpaired) electrons. The summed E-state index contributed by atoms with van der Waals surface area (Å²) >= 11 is 0. The quantitative estimate of drug-likeness (QED) is 0.394. The van der Waals surface area contributed by atoms with Gasteiger partial charge in [-0.05, 0) is 17.7 Å². The number of hydrogen-bond acceptors (Lipinski definition) is 3. The fourth-order valence-electron chi connectivity index (χ4n) is 2.85. The first-order valence-corrected chi connectivity index (χ1v) is 7.82. The van der Waals surface area contributed by atoms with Crippen LogP contribution in [0.5, 0.6) is 5.75 Å². The second kappa shape index (κ2) is 6.69. The summed E-state index contributed by atoms with van der Waals surface area (Å²) in [5.74, 6) is -36.8. The van der Waals surface area contributed by atoms with Crippen molar-refractivity contribution >= 4 is 5.97 Å². The molecule has 2 rings (SSSR count). The Kier molecular flexibility index (Phi) is 5.39. The van der Waals surface area contributed by atoms with E-state index in [1.165, 1.54) is 0 Å². The third-order valence-electron chi connectivity index (χ3n) is 4.57. The Morgan fingerprint density at radius 2 is 1.17 bits per heavy atom. The van der Waals surface area contributed by atoms with Crippen LogP contribution < -0.4 is 4.74 Å². The Hall–Kier alpha value is -2.12. The molecule has 170 valence electrons. The molecular weight excluding hydrogens is 449 g/mol. The first kappa shape index (κ1) is 24.2. The Labute approximate surface area is 160 Å². The molecule has 1 fully saturated rings. The lowest BCUT2D eigenvalue weighted by Gasteiger charge is -2.52. The second-order valence-corrected chi connectivity index (χ2v) is 6.56. The average molecular weight is 460 g/mol. The molecule has 30 heavy (non-hydrogen) atoms. The van der Waals surface area contributed by atoms with Crippen LogP contribution in [-0.4, -0.2) is 46.4 Å². The number of aliphatic hydroxyl groups excluding tert-OH is 1. The van der Waals surface area contributed by atoms with Gasteiger partial charge in [0, 0.05) is 13.3 Å². The molecule has 1 atom stereocenters. The Balaban J connectivity index is 2.51. The van der Waals surface area contributed by atoms with E-state index in [0.717, 1.165) is 19.1 Å². The molecule has 1 saturated carbocycles. The van der Waals surface area contributed by atoms with E-state index >= 15 is 0 Å². The van der Waals surface area contributed by atoms with Gasteiger partial charge in [0.15, 0.2) is 0 Å². The van der Waals surface area contributed by atoms with Gasteiger partial charge in [-0.2, -0.15) is 43.9 Å². The van der Waals surface area contributed by atoms with Crippen LogP contribution in [-0.2, 0) is 4.79 Å². The molecular formula is C16H11F11O3. The maximum Gasteiger partial charge on any atom is 0.384 e. The predicted molar refractivity (Wildman–Crippen MR) is 75.9 cm³/mol. The smallest absolute Gasteiger partial charge is 0.384 e. The minimum atomic E-state index is -7.31. The van der Waals surface area contributed by atoms with E-state index in [1.54, 1.807) is 0 Å². The lowest BCUT2D eigenvalue weighted by Crippen LogP contribution is -2.83. The normalized spacial score (nSPS) is 25.9. The van der Waals surface area contributed by atoms with Crippen LogP contribution in [0.1, 0.15) is 25.0 Å². The zero-order chi connectivity index (χ0) is 23.6. The molecule has 1 aliphatic rings. The summed E-state index contributed by atoms with van der Waals surface area (Å²) in [7, 11) is 0. The lowest BCUT2D eigenvalue weighted by atomic mass is 9.69. The van der Waals surface area contributed by atoms with Gasteiger partial charge in [0.25, 0.3) is 5.67 Å². The van der Waals surface area contributed by atoms with Crippen molar-refractivity contribution < 1.29 is 62.9 Å². The van der Waals surface area contributed by atoms with Gasteiger partial charge in [0.05, 0.1) is 6.10 Å². The second-order valence-electron chi connectivity index (χ2n) is 6.56. The summed E-state index contributed by atoms with van der Waals surface area (Å²) in [6, 6.07) is 3.07. The minimum Gasteiger partial charge on any atom is -0.427 e. The Morgan fingerprint density at radius 3 is 1.53 bits per heavy atom. The number of benzene rings is 1. The van der Waals surface area contributed by atoms with Crippen molar-refractivity contribution in [3.63, 3.8) is 0 Å². The molecule has 1 N–H and O–H groups in total. The standard InChI is InChI=1S/C16H11F11O3/c1-7(28)30-9-4-2-8(3-5-9)10(29)6-11(17)12(18,19)14(22,23)16(26,27)15(24,25)13(11,20)21/h2-5,10,29H,6H2,1H3. The number of alkyl halides is 11. The molecule has 3 nitrogen and oxygen atoms in total. The van der Waals surface area contributed by atoms with E-state index in [-0.39, 0.29) is 5.75 Å². The number of hydrogen-bond donors (Lipinski definition) is 1. The van der Waals surface area contributed by atoms with E-state index in [1.807, 2.05) is 0 Å². The minimum absolute atomic E-state index is 0.223. The van der Waals surface area contributed by atoms with Crippen LogP contribution in [0.25, 0.3) is 0 Å². The number of halogens is 11. The van der Waals surface area contributed by atoms with Gasteiger partial charge in [-0.15, -0.1) is 0 Å². The lowest BCUT2D eigenvalue weighted by molar-refractivity contribution is -0.487. The first-order chi connectivity index (χ1) is 13.3. The molecule has 0 amide bonds. The summed E-state index contributed by atoms with van der Waals surface area (Å²) in [6.07, 6.45) is -5.63. The molecule has 0 heterocycles. The number of ether oxygens (including phenoxy) is 1. The van der Waals surface area contributed by atoms with E-state index in [0.29, 0.717) is 12.1 Å². The van der Waals surface area contributed by atoms with Crippen molar-refractivity contribution in [1.82, 2.24) is 0 Å². The Bertz CT molecular complexity index is 790. The van der Waals surface area contributed by atoms with Crippen LogP contribution in [0.4, 0.5) is 48.3 Å². The van der Waals surface area contributed by atoms with E-state index < -0.39 is 59.3 Å². The Morgan fingerprint density at radius 1 is 0.800 bits per heavy atom. The van der Waals surface area contributed by atoms with Crippen molar-refractivity contribution in [3.05, 3.63) is 29.8 Å². The SMILES string of the molecule is CC(=O)Oc1ccc(C(O)CC2(F)C(F)(F)C(F)(F)C(F)(F)C(F)(F)C2(F)F)cc1. The number of carbonyl (C=O) groups is 1. The van der Waals surface area contributed by atoms with Gasteiger partial charge in [0.2, 0.25) is 0 Å². The molecule has 1 aromatic rings. The highest BCUT2D eigenvalue weighted by Crippen LogP contribution is 2.70. The summed E-state index contributed by atoms with van der Waals surface area (Å²) < 4.78 is 155. The van der Waals surface area contributed by atoms with E-state index in [2.05, 4.69) is 4.74 Å². The van der Waals surface area contributed by atoms with Crippen LogP contribution in [0.2, 0.25) is 0 Å². The highest BCUT2D eigenvalue weighted by atomic mass is 19.4. The zero-order valence-corrected chi connectivity index (χ0v) is 14.5. The van der Waals surface area contributed by atoms with Crippen molar-refractivity contribution in [1.29, 1.82) is 0 Å². The van der Waals surface area contributed by atoms with Gasteiger partial charge >= 0.3 is 35.6 Å². The molecule has 0 aromatic heterocycles. The molecule has 1 aromatic carbocycles. The van der Waals surface area contributed by atoms with Crippen LogP contribution in [0, 0.1) is 0 Å². The highest BCUT2D eigenvalue weighted by Gasteiger charge is 3.00. The number of aliphatic hydroxyl groups is 1. The summed E-state index contributed by atoms with van der Waals surface area (Å²) in [6.45, 7) is 0.971. The van der Waals surface area contributed by atoms with Crippen molar-refractivity contribution in [2.24, 2.45) is 0 Å². The average Bonchev–Trinajstić information content (AvgIpc) is 2.59. The fraction of sp³-hybridized carbons (Fsp3) is 0.562. The number of esters is 1. The maximum atomic E-state index is 14.6. The van der Waals surface area contributed by atoms with Crippen molar-refractivity contribution in [2.75, 3.05) is 0 Å². The summed E-state index contributed by atoms with van der Waals surface area (Å²) in [4.78, 5) is 10.8. The zero-order valence-electron chi connectivity index (χ0n) is 14.5. The van der Waals surface area contributed by atoms with Crippen molar-refractivity contribution in [3.8, 4) is 5.75 Å². The summed E-state index contributed by atoms with van der Waals surface area (Å²) in [5, 5.41) is 9.75. The fourth-order valence-corrected chi connectivity index (χ4v) is 2.85. The van der Waals surface area contributed by atoms with Gasteiger partial charge in [-0.3, -0.25) is 4.79 Å². The molecule has 0 bridgehead atoms. The maximum absolute atomic E-state index is 14.6. The third kappa shape index (κ3) is 2.86. The first-order valence-electron chi connectivity index (χ1n) is 7.82.